The highest BCUT2D eigenvalue weighted by Gasteiger charge is 2.52. The fourth-order valence-electron chi connectivity index (χ4n) is 3.31. The Morgan fingerprint density at radius 2 is 1.90 bits per heavy atom. The van der Waals surface area contributed by atoms with E-state index in [0.29, 0.717) is 0 Å². The predicted octanol–water partition coefficient (Wildman–Crippen LogP) is 4.19. The van der Waals surface area contributed by atoms with Gasteiger partial charge in [-0.3, -0.25) is 0 Å². The van der Waals surface area contributed by atoms with Crippen LogP contribution in [0, 0.1) is 0 Å². The van der Waals surface area contributed by atoms with Crippen LogP contribution in [0.5, 0.6) is 0 Å². The van der Waals surface area contributed by atoms with Crippen molar-refractivity contribution in [1.29, 1.82) is 0 Å². The summed E-state index contributed by atoms with van der Waals surface area (Å²) in [7, 11) is -0.540. The van der Waals surface area contributed by atoms with Gasteiger partial charge in [-0.2, -0.15) is 0 Å². The summed E-state index contributed by atoms with van der Waals surface area (Å²) in [6.07, 6.45) is 2.59. The summed E-state index contributed by atoms with van der Waals surface area (Å²) in [6.45, 7) is 14.9. The second kappa shape index (κ2) is 7.69. The van der Waals surface area contributed by atoms with E-state index in [1.165, 1.54) is 11.3 Å². The highest BCUT2D eigenvalue weighted by atomic mass is 16.7. The van der Waals surface area contributed by atoms with Gasteiger partial charge in [-0.25, -0.2) is 4.79 Å². The third-order valence-electron chi connectivity index (χ3n) is 5.58. The number of alkyl carbamates (subject to hydrolysis) is 1. The fraction of sp³-hybridized carbons (Fsp3) is 0.591. The van der Waals surface area contributed by atoms with Crippen LogP contribution in [0.3, 0.4) is 0 Å². The number of amides is 1. The lowest BCUT2D eigenvalue weighted by atomic mass is 9.77. The maximum Gasteiger partial charge on any atom is 0.492 e. The third-order valence-corrected chi connectivity index (χ3v) is 5.58. The van der Waals surface area contributed by atoms with Crippen LogP contribution in [-0.2, 0) is 20.5 Å². The van der Waals surface area contributed by atoms with E-state index in [2.05, 4.69) is 28.8 Å². The van der Waals surface area contributed by atoms with E-state index in [0.717, 1.165) is 24.0 Å². The molecular weight excluding hydrogens is 367 g/mol. The van der Waals surface area contributed by atoms with Gasteiger partial charge in [0.25, 0.3) is 0 Å². The lowest BCUT2D eigenvalue weighted by Crippen LogP contribution is -2.41. The molecule has 0 radical (unpaired) electrons. The number of hydrogen-bond acceptors (Lipinski definition) is 5. The smallest absolute Gasteiger partial charge is 0.444 e. The molecule has 1 amide bonds. The van der Waals surface area contributed by atoms with Crippen LogP contribution in [0.2, 0.25) is 0 Å². The molecule has 0 unspecified atom stereocenters. The van der Waals surface area contributed by atoms with Gasteiger partial charge in [0.2, 0.25) is 0 Å². The van der Waals surface area contributed by atoms with Crippen LogP contribution in [0.15, 0.2) is 23.7 Å². The number of rotatable bonds is 4. The number of hydrogen-bond donors (Lipinski definition) is 2. The average Bonchev–Trinajstić information content (AvgIpc) is 3.11. The molecule has 0 aromatic heterocycles. The molecule has 2 aliphatic rings. The van der Waals surface area contributed by atoms with Crippen LogP contribution >= 0.6 is 0 Å². The van der Waals surface area contributed by atoms with Crippen molar-refractivity contribution in [1.82, 2.24) is 5.32 Å². The van der Waals surface area contributed by atoms with Crippen molar-refractivity contribution < 1.29 is 18.8 Å². The summed E-state index contributed by atoms with van der Waals surface area (Å²) in [6, 6.07) is 6.33. The Morgan fingerprint density at radius 1 is 1.24 bits per heavy atom. The first-order valence-corrected chi connectivity index (χ1v) is 10.3. The number of carbonyl (C=O) groups excluding carboxylic acids is 1. The highest BCUT2D eigenvalue weighted by Crippen LogP contribution is 2.39. The van der Waals surface area contributed by atoms with E-state index in [1.807, 2.05) is 54.5 Å². The van der Waals surface area contributed by atoms with Crippen LogP contribution in [0.4, 0.5) is 10.5 Å². The molecule has 1 aromatic carbocycles. The van der Waals surface area contributed by atoms with E-state index < -0.39 is 30.0 Å². The van der Waals surface area contributed by atoms with Crippen molar-refractivity contribution in [2.24, 2.45) is 0 Å². The van der Waals surface area contributed by atoms with Gasteiger partial charge in [0, 0.05) is 18.8 Å². The Bertz CT molecular complexity index is 796. The zero-order valence-corrected chi connectivity index (χ0v) is 18.6. The number of benzene rings is 1. The number of anilines is 1. The Hall–Kier alpha value is -1.99. The van der Waals surface area contributed by atoms with E-state index in [-0.39, 0.29) is 6.54 Å². The second-order valence-corrected chi connectivity index (χ2v) is 9.76. The fourth-order valence-corrected chi connectivity index (χ4v) is 3.31. The van der Waals surface area contributed by atoms with E-state index in [4.69, 9.17) is 14.0 Å². The molecule has 1 fully saturated rings. The quantitative estimate of drug-likeness (QED) is 0.742. The van der Waals surface area contributed by atoms with Gasteiger partial charge in [-0.15, -0.1) is 0 Å². The molecule has 3 rings (SSSR count). The largest absolute Gasteiger partial charge is 0.492 e. The Morgan fingerprint density at radius 3 is 2.52 bits per heavy atom. The SMILES string of the molecule is CC(C)(C)OC(=O)NCC(=Cc1ccc2c(c1)CCN2)B1OC(C)(C)C(C)(C)O1. The Labute approximate surface area is 174 Å². The molecule has 1 aromatic rings. The molecular formula is C22H33BN2O4. The van der Waals surface area contributed by atoms with Crippen LogP contribution in [0.1, 0.15) is 59.6 Å². The summed E-state index contributed by atoms with van der Waals surface area (Å²) >= 11 is 0. The van der Waals surface area contributed by atoms with Crippen LogP contribution < -0.4 is 10.6 Å². The van der Waals surface area contributed by atoms with Gasteiger partial charge in [0.05, 0.1) is 11.2 Å². The van der Waals surface area contributed by atoms with Crippen molar-refractivity contribution >= 4 is 25.0 Å². The third kappa shape index (κ3) is 5.14. The van der Waals surface area contributed by atoms with E-state index in [1.54, 1.807) is 0 Å². The topological polar surface area (TPSA) is 68.8 Å². The molecule has 158 valence electrons. The van der Waals surface area contributed by atoms with Crippen molar-refractivity contribution in [2.45, 2.75) is 71.7 Å². The summed E-state index contributed by atoms with van der Waals surface area (Å²) in [5.41, 5.74) is 2.93. The Kier molecular flexibility index (Phi) is 5.76. The molecule has 2 N–H and O–H groups in total. The molecule has 0 saturated carbocycles. The molecule has 0 atom stereocenters. The number of carbonyl (C=O) groups is 1. The normalized spacial score (nSPS) is 20.2. The molecule has 6 nitrogen and oxygen atoms in total. The first-order chi connectivity index (χ1) is 13.4. The second-order valence-electron chi connectivity index (χ2n) is 9.76. The Balaban J connectivity index is 1.83. The molecule has 0 spiro atoms. The summed E-state index contributed by atoms with van der Waals surface area (Å²) in [4.78, 5) is 12.2. The monoisotopic (exact) mass is 400 g/mol. The van der Waals surface area contributed by atoms with Crippen molar-refractivity contribution in [2.75, 3.05) is 18.4 Å². The molecule has 0 bridgehead atoms. The standard InChI is InChI=1S/C22H33BN2O4/c1-20(2,3)27-19(26)25-14-17(23-28-21(4,5)22(6,7)29-23)13-15-8-9-18-16(12-15)10-11-24-18/h8-9,12-13,24H,10-11,14H2,1-7H3,(H,25,26). The zero-order valence-electron chi connectivity index (χ0n) is 18.6. The number of ether oxygens (including phenoxy) is 1. The van der Waals surface area contributed by atoms with Gasteiger partial charge in [-0.05, 0) is 83.6 Å². The molecule has 7 heteroatoms. The van der Waals surface area contributed by atoms with Gasteiger partial charge in [0.1, 0.15) is 5.60 Å². The van der Waals surface area contributed by atoms with E-state index >= 15 is 0 Å². The lowest BCUT2D eigenvalue weighted by molar-refractivity contribution is 0.00578. The highest BCUT2D eigenvalue weighted by molar-refractivity contribution is 6.56. The molecule has 0 aliphatic carbocycles. The maximum absolute atomic E-state index is 12.2. The van der Waals surface area contributed by atoms with Crippen molar-refractivity contribution in [3.63, 3.8) is 0 Å². The average molecular weight is 400 g/mol. The minimum Gasteiger partial charge on any atom is -0.444 e. The molecule has 1 saturated heterocycles. The molecule has 29 heavy (non-hydrogen) atoms. The number of fused-ring (bicyclic) bond motifs is 1. The summed E-state index contributed by atoms with van der Waals surface area (Å²) in [5.74, 6) is 0. The first-order valence-electron chi connectivity index (χ1n) is 10.3. The number of nitrogens with one attached hydrogen (secondary N) is 2. The van der Waals surface area contributed by atoms with Crippen LogP contribution in [-0.4, -0.2) is 43.1 Å². The van der Waals surface area contributed by atoms with Crippen molar-refractivity contribution in [3.05, 3.63) is 34.8 Å². The van der Waals surface area contributed by atoms with Gasteiger partial charge in [-0.1, -0.05) is 12.1 Å². The maximum atomic E-state index is 12.2. The van der Waals surface area contributed by atoms with Gasteiger partial charge >= 0.3 is 13.2 Å². The minimum atomic E-state index is -0.550. The van der Waals surface area contributed by atoms with Crippen LogP contribution in [0.25, 0.3) is 6.08 Å². The summed E-state index contributed by atoms with van der Waals surface area (Å²) < 4.78 is 17.8. The first kappa shape index (κ1) is 21.7. The molecule has 2 aliphatic heterocycles. The van der Waals surface area contributed by atoms with E-state index in [9.17, 15) is 4.79 Å². The minimum absolute atomic E-state index is 0.279. The zero-order chi connectivity index (χ0) is 21.4. The van der Waals surface area contributed by atoms with Gasteiger partial charge < -0.3 is 24.7 Å². The van der Waals surface area contributed by atoms with Gasteiger partial charge in [0.15, 0.2) is 0 Å². The molecule has 2 heterocycles. The predicted molar refractivity (Wildman–Crippen MR) is 117 cm³/mol. The lowest BCUT2D eigenvalue weighted by Gasteiger charge is -2.32. The van der Waals surface area contributed by atoms with Crippen molar-refractivity contribution in [3.8, 4) is 0 Å². The summed E-state index contributed by atoms with van der Waals surface area (Å²) in [5, 5.41) is 6.22.